The van der Waals surface area contributed by atoms with Crippen LogP contribution in [-0.2, 0) is 10.2 Å². The zero-order chi connectivity index (χ0) is 13.1. The number of nitrogens with zero attached hydrogens (tertiary/aromatic N) is 1. The summed E-state index contributed by atoms with van der Waals surface area (Å²) in [6, 6.07) is -0.403. The molecule has 1 atom stereocenters. The Bertz CT molecular complexity index is 322. The molecule has 0 saturated carbocycles. The predicted molar refractivity (Wildman–Crippen MR) is 67.7 cm³/mol. The molecule has 1 saturated heterocycles. The fourth-order valence-electron chi connectivity index (χ4n) is 1.88. The van der Waals surface area contributed by atoms with Crippen molar-refractivity contribution in [3.8, 4) is 0 Å². The lowest BCUT2D eigenvalue weighted by atomic mass is 10.0. The predicted octanol–water partition coefficient (Wildman–Crippen LogP) is 0.570. The minimum atomic E-state index is -3.44. The van der Waals surface area contributed by atoms with Crippen molar-refractivity contribution in [2.75, 3.05) is 19.7 Å². The highest BCUT2D eigenvalue weighted by Gasteiger charge is 2.29. The summed E-state index contributed by atoms with van der Waals surface area (Å²) in [7, 11) is -3.44. The molecule has 1 aliphatic heterocycles. The van der Waals surface area contributed by atoms with Gasteiger partial charge in [-0.2, -0.15) is 17.4 Å². The van der Waals surface area contributed by atoms with Crippen LogP contribution in [0.5, 0.6) is 0 Å². The number of aliphatic hydroxyl groups excluding tert-OH is 1. The van der Waals surface area contributed by atoms with E-state index in [2.05, 4.69) is 11.6 Å². The van der Waals surface area contributed by atoms with E-state index in [0.717, 1.165) is 12.8 Å². The van der Waals surface area contributed by atoms with E-state index in [1.54, 1.807) is 0 Å². The lowest BCUT2D eigenvalue weighted by Gasteiger charge is -2.31. The summed E-state index contributed by atoms with van der Waals surface area (Å²) < 4.78 is 28.2. The Labute approximate surface area is 104 Å². The standard InChI is InChI=1S/C11H24N2O3S/c1-9(2)11(8-14)12-17(15,16)13-6-4-10(3)5-7-13/h9-12,14H,4-8H2,1-3H3. The van der Waals surface area contributed by atoms with Gasteiger partial charge in [-0.05, 0) is 24.7 Å². The molecule has 1 heterocycles. The summed E-state index contributed by atoms with van der Waals surface area (Å²) in [6.07, 6.45) is 1.82. The van der Waals surface area contributed by atoms with Gasteiger partial charge >= 0.3 is 0 Å². The van der Waals surface area contributed by atoms with Crippen molar-refractivity contribution in [1.29, 1.82) is 0 Å². The molecule has 1 unspecified atom stereocenters. The van der Waals surface area contributed by atoms with Crippen molar-refractivity contribution in [2.45, 2.75) is 39.7 Å². The van der Waals surface area contributed by atoms with Gasteiger partial charge < -0.3 is 5.11 Å². The monoisotopic (exact) mass is 264 g/mol. The molecule has 0 aromatic carbocycles. The topological polar surface area (TPSA) is 69.6 Å². The van der Waals surface area contributed by atoms with E-state index in [1.807, 2.05) is 13.8 Å². The van der Waals surface area contributed by atoms with E-state index in [1.165, 1.54) is 4.31 Å². The van der Waals surface area contributed by atoms with Gasteiger partial charge in [-0.1, -0.05) is 20.8 Å². The van der Waals surface area contributed by atoms with Crippen molar-refractivity contribution in [3.63, 3.8) is 0 Å². The van der Waals surface area contributed by atoms with E-state index >= 15 is 0 Å². The summed E-state index contributed by atoms with van der Waals surface area (Å²) in [5, 5.41) is 9.15. The number of nitrogens with one attached hydrogen (secondary N) is 1. The molecular formula is C11H24N2O3S. The molecule has 1 aliphatic rings. The Morgan fingerprint density at radius 3 is 2.29 bits per heavy atom. The molecule has 0 aliphatic carbocycles. The van der Waals surface area contributed by atoms with Crippen LogP contribution in [0.3, 0.4) is 0 Å². The molecule has 0 aromatic heterocycles. The first-order valence-corrected chi connectivity index (χ1v) is 7.69. The Morgan fingerprint density at radius 2 is 1.88 bits per heavy atom. The number of rotatable bonds is 5. The summed E-state index contributed by atoms with van der Waals surface area (Å²) >= 11 is 0. The fourth-order valence-corrected chi connectivity index (χ4v) is 3.45. The van der Waals surface area contributed by atoms with E-state index in [9.17, 15) is 8.42 Å². The lowest BCUT2D eigenvalue weighted by Crippen LogP contribution is -2.50. The Kier molecular flexibility index (Phi) is 5.37. The number of hydrogen-bond acceptors (Lipinski definition) is 3. The molecule has 0 radical (unpaired) electrons. The molecule has 102 valence electrons. The van der Waals surface area contributed by atoms with Crippen LogP contribution >= 0.6 is 0 Å². The average Bonchev–Trinajstić information content (AvgIpc) is 2.26. The number of aliphatic hydroxyl groups is 1. The smallest absolute Gasteiger partial charge is 0.279 e. The molecule has 2 N–H and O–H groups in total. The maximum absolute atomic E-state index is 12.1. The number of hydrogen-bond donors (Lipinski definition) is 2. The van der Waals surface area contributed by atoms with Gasteiger partial charge in [0.25, 0.3) is 10.2 Å². The molecular weight excluding hydrogens is 240 g/mol. The van der Waals surface area contributed by atoms with Crippen LogP contribution in [0.15, 0.2) is 0 Å². The minimum absolute atomic E-state index is 0.0819. The van der Waals surface area contributed by atoms with Crippen molar-refractivity contribution >= 4 is 10.2 Å². The highest BCUT2D eigenvalue weighted by atomic mass is 32.2. The van der Waals surface area contributed by atoms with Gasteiger partial charge in [0.1, 0.15) is 0 Å². The Morgan fingerprint density at radius 1 is 1.35 bits per heavy atom. The largest absolute Gasteiger partial charge is 0.395 e. The van der Waals surface area contributed by atoms with Crippen LogP contribution in [0, 0.1) is 11.8 Å². The van der Waals surface area contributed by atoms with Crippen LogP contribution in [0.2, 0.25) is 0 Å². The third-order valence-corrected chi connectivity index (χ3v) is 5.03. The van der Waals surface area contributed by atoms with E-state index < -0.39 is 16.3 Å². The third-order valence-electron chi connectivity index (χ3n) is 3.38. The second-order valence-corrected chi connectivity index (χ2v) is 6.94. The van der Waals surface area contributed by atoms with Crippen LogP contribution in [0.4, 0.5) is 0 Å². The fraction of sp³-hybridized carbons (Fsp3) is 1.00. The maximum Gasteiger partial charge on any atom is 0.279 e. The van der Waals surface area contributed by atoms with Gasteiger partial charge in [0, 0.05) is 19.1 Å². The van der Waals surface area contributed by atoms with Crippen molar-refractivity contribution in [3.05, 3.63) is 0 Å². The van der Waals surface area contributed by atoms with Gasteiger partial charge in [-0.3, -0.25) is 0 Å². The van der Waals surface area contributed by atoms with Crippen LogP contribution in [-0.4, -0.2) is 43.6 Å². The molecule has 0 amide bonds. The molecule has 0 spiro atoms. The molecule has 1 fully saturated rings. The Hall–Kier alpha value is -0.170. The summed E-state index contributed by atoms with van der Waals surface area (Å²) in [6.45, 7) is 6.91. The molecule has 0 bridgehead atoms. The minimum Gasteiger partial charge on any atom is -0.395 e. The quantitative estimate of drug-likeness (QED) is 0.763. The van der Waals surface area contributed by atoms with Gasteiger partial charge in [0.05, 0.1) is 6.61 Å². The van der Waals surface area contributed by atoms with Crippen LogP contribution in [0.25, 0.3) is 0 Å². The average molecular weight is 264 g/mol. The molecule has 0 aromatic rings. The first-order chi connectivity index (χ1) is 7.86. The van der Waals surface area contributed by atoms with Gasteiger partial charge in [-0.25, -0.2) is 0 Å². The van der Waals surface area contributed by atoms with Gasteiger partial charge in [0.2, 0.25) is 0 Å². The zero-order valence-electron chi connectivity index (χ0n) is 10.9. The van der Waals surface area contributed by atoms with Crippen molar-refractivity contribution < 1.29 is 13.5 Å². The van der Waals surface area contributed by atoms with Crippen molar-refractivity contribution in [1.82, 2.24) is 9.03 Å². The molecule has 1 rings (SSSR count). The molecule has 5 nitrogen and oxygen atoms in total. The van der Waals surface area contributed by atoms with Gasteiger partial charge in [0.15, 0.2) is 0 Å². The summed E-state index contributed by atoms with van der Waals surface area (Å²) in [5.74, 6) is 0.679. The highest BCUT2D eigenvalue weighted by Crippen LogP contribution is 2.18. The van der Waals surface area contributed by atoms with E-state index in [0.29, 0.717) is 19.0 Å². The molecule has 17 heavy (non-hydrogen) atoms. The zero-order valence-corrected chi connectivity index (χ0v) is 11.7. The van der Waals surface area contributed by atoms with Crippen LogP contribution in [0.1, 0.15) is 33.6 Å². The number of piperidine rings is 1. The second-order valence-electron chi connectivity index (χ2n) is 5.24. The highest BCUT2D eigenvalue weighted by molar-refractivity contribution is 7.87. The SMILES string of the molecule is CC1CCN(S(=O)(=O)NC(CO)C(C)C)CC1. The first-order valence-electron chi connectivity index (χ1n) is 6.25. The van der Waals surface area contributed by atoms with E-state index in [-0.39, 0.29) is 12.5 Å². The normalized spacial score (nSPS) is 21.9. The first kappa shape index (κ1) is 14.9. The van der Waals surface area contributed by atoms with E-state index in [4.69, 9.17) is 5.11 Å². The van der Waals surface area contributed by atoms with Crippen LogP contribution < -0.4 is 4.72 Å². The lowest BCUT2D eigenvalue weighted by molar-refractivity contribution is 0.221. The second kappa shape index (κ2) is 6.13. The molecule has 6 heteroatoms. The third kappa shape index (κ3) is 4.21. The maximum atomic E-state index is 12.1. The van der Waals surface area contributed by atoms with Crippen molar-refractivity contribution in [2.24, 2.45) is 11.8 Å². The van der Waals surface area contributed by atoms with Gasteiger partial charge in [-0.15, -0.1) is 0 Å². The summed E-state index contributed by atoms with van der Waals surface area (Å²) in [5.41, 5.74) is 0. The Balaban J connectivity index is 2.62. The summed E-state index contributed by atoms with van der Waals surface area (Å²) in [4.78, 5) is 0.